The molecule has 0 aromatic carbocycles. The molecular weight excluding hydrogens is 356 g/mol. The third kappa shape index (κ3) is 6.86. The Morgan fingerprint density at radius 2 is 1.85 bits per heavy atom. The van der Waals surface area contributed by atoms with Gasteiger partial charge in [0, 0.05) is 20.7 Å². The first-order valence-corrected chi connectivity index (χ1v) is 9.07. The number of methoxy groups -OCH3 is 1. The largest absolute Gasteiger partial charge is 0.391 e. The topological polar surface area (TPSA) is 140 Å². The fraction of sp³-hybridized carbons (Fsp3) is 0.778. The van der Waals surface area contributed by atoms with Crippen molar-refractivity contribution in [2.75, 3.05) is 20.7 Å². The molecule has 0 aliphatic carbocycles. The molecule has 1 heterocycles. The first kappa shape index (κ1) is 23.5. The van der Waals surface area contributed by atoms with Crippen molar-refractivity contribution < 1.29 is 34.8 Å². The Bertz CT molecular complexity index is 526. The molecule has 2 amide bonds. The van der Waals surface area contributed by atoms with Crippen molar-refractivity contribution in [1.82, 2.24) is 10.2 Å². The minimum atomic E-state index is -1.70. The van der Waals surface area contributed by atoms with Gasteiger partial charge in [-0.2, -0.15) is 0 Å². The zero-order valence-corrected chi connectivity index (χ0v) is 16.3. The average molecular weight is 388 g/mol. The summed E-state index contributed by atoms with van der Waals surface area (Å²) in [7, 11) is 2.71. The maximum atomic E-state index is 12.5. The van der Waals surface area contributed by atoms with Crippen molar-refractivity contribution in [3.63, 3.8) is 0 Å². The number of likely N-dealkylation sites (N-methyl/N-ethyl adjacent to an activating group) is 1. The number of β-amino-alcohol motifs (C(OH)–C–C–N with tert-alkyl or cyclic N) is 1. The Labute approximate surface area is 159 Å². The third-order valence-electron chi connectivity index (χ3n) is 4.48. The standard InChI is InChI=1S/C18H32N2O7/c1-10(2)5-8-13(22)14(23)15(24)16(27-4)17(25)19-12-7-6-11(21)9-20(3)18(12)26/h5,8,10-16,21-24H,6-7,9H2,1-4H3,(H,19,25)/b8-5+/t11-,12-,13+,14-,15+,16?/m0/s1. The summed E-state index contributed by atoms with van der Waals surface area (Å²) in [6.07, 6.45) is -3.30. The molecule has 0 aromatic heterocycles. The first-order chi connectivity index (χ1) is 12.6. The Kier molecular flexibility index (Phi) is 9.34. The Morgan fingerprint density at radius 1 is 1.22 bits per heavy atom. The van der Waals surface area contributed by atoms with E-state index in [4.69, 9.17) is 4.74 Å². The number of carbonyl (C=O) groups excluding carboxylic acids is 2. The molecule has 6 atom stereocenters. The van der Waals surface area contributed by atoms with Gasteiger partial charge in [-0.15, -0.1) is 0 Å². The normalized spacial score (nSPS) is 26.0. The second-order valence-electron chi connectivity index (χ2n) is 7.27. The van der Waals surface area contributed by atoms with Crippen molar-refractivity contribution in [3.8, 4) is 0 Å². The van der Waals surface area contributed by atoms with Gasteiger partial charge in [-0.1, -0.05) is 26.0 Å². The van der Waals surface area contributed by atoms with Crippen LogP contribution in [0.1, 0.15) is 26.7 Å². The average Bonchev–Trinajstić information content (AvgIpc) is 2.72. The van der Waals surface area contributed by atoms with Gasteiger partial charge in [-0.25, -0.2) is 0 Å². The van der Waals surface area contributed by atoms with Crippen molar-refractivity contribution in [2.45, 2.75) is 63.3 Å². The maximum Gasteiger partial charge on any atom is 0.252 e. The molecule has 1 unspecified atom stereocenters. The van der Waals surface area contributed by atoms with Crippen molar-refractivity contribution in [2.24, 2.45) is 5.92 Å². The summed E-state index contributed by atoms with van der Waals surface area (Å²) in [5.74, 6) is -1.00. The summed E-state index contributed by atoms with van der Waals surface area (Å²) >= 11 is 0. The smallest absolute Gasteiger partial charge is 0.252 e. The van der Waals surface area contributed by atoms with E-state index in [1.165, 1.54) is 25.1 Å². The van der Waals surface area contributed by atoms with E-state index >= 15 is 0 Å². The number of aliphatic hydroxyl groups excluding tert-OH is 4. The number of hydrogen-bond acceptors (Lipinski definition) is 7. The molecule has 0 spiro atoms. The molecule has 9 nitrogen and oxygen atoms in total. The van der Waals surface area contributed by atoms with Crippen LogP contribution >= 0.6 is 0 Å². The molecule has 1 fully saturated rings. The van der Waals surface area contributed by atoms with E-state index < -0.39 is 42.5 Å². The van der Waals surface area contributed by atoms with E-state index in [2.05, 4.69) is 5.32 Å². The third-order valence-corrected chi connectivity index (χ3v) is 4.48. The van der Waals surface area contributed by atoms with E-state index in [9.17, 15) is 30.0 Å². The number of allylic oxidation sites excluding steroid dienone is 1. The van der Waals surface area contributed by atoms with E-state index in [1.807, 2.05) is 13.8 Å². The number of carbonyl (C=O) groups is 2. The van der Waals surface area contributed by atoms with Crippen LogP contribution in [0.4, 0.5) is 0 Å². The van der Waals surface area contributed by atoms with Crippen LogP contribution in [0.25, 0.3) is 0 Å². The van der Waals surface area contributed by atoms with E-state index in [-0.39, 0.29) is 24.8 Å². The van der Waals surface area contributed by atoms with Gasteiger partial charge in [0.25, 0.3) is 5.91 Å². The van der Waals surface area contributed by atoms with Gasteiger partial charge < -0.3 is 35.4 Å². The monoisotopic (exact) mass is 388 g/mol. The van der Waals surface area contributed by atoms with Gasteiger partial charge in [0.05, 0.1) is 6.10 Å². The molecule has 0 radical (unpaired) electrons. The van der Waals surface area contributed by atoms with E-state index in [0.717, 1.165) is 0 Å². The lowest BCUT2D eigenvalue weighted by molar-refractivity contribution is -0.151. The molecule has 1 aliphatic heterocycles. The molecular formula is C18H32N2O7. The zero-order chi connectivity index (χ0) is 20.7. The highest BCUT2D eigenvalue weighted by atomic mass is 16.5. The Morgan fingerprint density at radius 3 is 2.41 bits per heavy atom. The molecule has 1 aliphatic rings. The summed E-state index contributed by atoms with van der Waals surface area (Å²) in [5.41, 5.74) is 0. The second-order valence-corrected chi connectivity index (χ2v) is 7.27. The fourth-order valence-corrected chi connectivity index (χ4v) is 2.87. The quantitative estimate of drug-likeness (QED) is 0.315. The first-order valence-electron chi connectivity index (χ1n) is 9.07. The van der Waals surface area contributed by atoms with Crippen LogP contribution in [0.3, 0.4) is 0 Å². The van der Waals surface area contributed by atoms with E-state index in [0.29, 0.717) is 6.42 Å². The molecule has 27 heavy (non-hydrogen) atoms. The number of hydrogen-bond donors (Lipinski definition) is 5. The lowest BCUT2D eigenvalue weighted by Gasteiger charge is -2.28. The predicted octanol–water partition coefficient (Wildman–Crippen LogP) is -1.61. The molecule has 1 saturated heterocycles. The summed E-state index contributed by atoms with van der Waals surface area (Å²) in [6.45, 7) is 3.94. The van der Waals surface area contributed by atoms with Crippen LogP contribution in [0, 0.1) is 5.92 Å². The highest BCUT2D eigenvalue weighted by Crippen LogP contribution is 2.14. The number of rotatable bonds is 8. The number of amides is 2. The molecule has 1 rings (SSSR count). The SMILES string of the molecule is COC(C(=O)N[C@H]1CC[C@H](O)CN(C)C1=O)[C@H](O)[C@@H](O)[C@H](O)/C=C/C(C)C. The van der Waals surface area contributed by atoms with Crippen LogP contribution in [0.5, 0.6) is 0 Å². The number of aliphatic hydroxyl groups is 4. The van der Waals surface area contributed by atoms with Crippen LogP contribution in [-0.2, 0) is 14.3 Å². The highest BCUT2D eigenvalue weighted by molar-refractivity contribution is 5.89. The summed E-state index contributed by atoms with van der Waals surface area (Å²) in [5, 5.41) is 42.6. The second kappa shape index (κ2) is 10.7. The number of nitrogens with one attached hydrogen (secondary N) is 1. The molecule has 0 aromatic rings. The minimum absolute atomic E-state index is 0.138. The van der Waals surface area contributed by atoms with Crippen molar-refractivity contribution in [3.05, 3.63) is 12.2 Å². The van der Waals surface area contributed by atoms with Gasteiger partial charge in [-0.3, -0.25) is 9.59 Å². The van der Waals surface area contributed by atoms with Crippen LogP contribution < -0.4 is 5.32 Å². The van der Waals surface area contributed by atoms with Crippen LogP contribution in [0.15, 0.2) is 12.2 Å². The van der Waals surface area contributed by atoms with Gasteiger partial charge in [0.1, 0.15) is 24.4 Å². The molecule has 0 saturated carbocycles. The molecule has 9 heteroatoms. The summed E-state index contributed by atoms with van der Waals surface area (Å²) in [6, 6.07) is -0.868. The van der Waals surface area contributed by atoms with Gasteiger partial charge >= 0.3 is 0 Å². The fourth-order valence-electron chi connectivity index (χ4n) is 2.87. The van der Waals surface area contributed by atoms with E-state index in [1.54, 1.807) is 6.08 Å². The molecule has 156 valence electrons. The van der Waals surface area contributed by atoms with Gasteiger partial charge in [0.2, 0.25) is 5.91 Å². The van der Waals surface area contributed by atoms with Gasteiger partial charge in [0.15, 0.2) is 6.10 Å². The minimum Gasteiger partial charge on any atom is -0.391 e. The van der Waals surface area contributed by atoms with Crippen molar-refractivity contribution in [1.29, 1.82) is 0 Å². The van der Waals surface area contributed by atoms with Crippen molar-refractivity contribution >= 4 is 11.8 Å². The summed E-state index contributed by atoms with van der Waals surface area (Å²) in [4.78, 5) is 26.1. The number of ether oxygens (including phenoxy) is 1. The number of nitrogens with zero attached hydrogens (tertiary/aromatic N) is 1. The Hall–Kier alpha value is -1.52. The highest BCUT2D eigenvalue weighted by Gasteiger charge is 2.37. The van der Waals surface area contributed by atoms with Gasteiger partial charge in [-0.05, 0) is 18.8 Å². The molecule has 5 N–H and O–H groups in total. The lowest BCUT2D eigenvalue weighted by Crippen LogP contribution is -2.55. The van der Waals surface area contributed by atoms with Crippen LogP contribution in [-0.4, -0.2) is 94.4 Å². The predicted molar refractivity (Wildman–Crippen MR) is 97.6 cm³/mol. The van der Waals surface area contributed by atoms with Crippen LogP contribution in [0.2, 0.25) is 0 Å². The number of likely N-dealkylation sites (tertiary alicyclic amines) is 1. The summed E-state index contributed by atoms with van der Waals surface area (Å²) < 4.78 is 5.00. The lowest BCUT2D eigenvalue weighted by atomic mass is 10.00. The zero-order valence-electron chi connectivity index (χ0n) is 16.3. The maximum absolute atomic E-state index is 12.5. The Balaban J connectivity index is 2.78. The molecule has 0 bridgehead atoms.